The van der Waals surface area contributed by atoms with Gasteiger partial charge in [0.2, 0.25) is 0 Å². The molecule has 0 saturated carbocycles. The van der Waals surface area contributed by atoms with E-state index in [-0.39, 0.29) is 11.7 Å². The summed E-state index contributed by atoms with van der Waals surface area (Å²) in [5.41, 5.74) is 3.20. The van der Waals surface area contributed by atoms with E-state index in [1.807, 2.05) is 26.0 Å². The van der Waals surface area contributed by atoms with Crippen LogP contribution in [-0.2, 0) is 0 Å². The lowest BCUT2D eigenvalue weighted by molar-refractivity contribution is 0.0878. The number of hydrogen-bond acceptors (Lipinski definition) is 2. The molecule has 1 saturated heterocycles. The van der Waals surface area contributed by atoms with Crippen molar-refractivity contribution in [2.45, 2.75) is 13.8 Å². The van der Waals surface area contributed by atoms with E-state index in [0.717, 1.165) is 18.7 Å². The van der Waals surface area contributed by atoms with Crippen LogP contribution in [0.4, 0.5) is 0 Å². The maximum atomic E-state index is 11.9. The number of aryl methyl sites for hydroxylation is 2. The molecule has 0 atom stereocenters. The van der Waals surface area contributed by atoms with E-state index < -0.39 is 0 Å². The summed E-state index contributed by atoms with van der Waals surface area (Å²) in [6, 6.07) is 6.05. The molecular weight excluding hydrogens is 174 g/mol. The Morgan fingerprint density at radius 1 is 1.21 bits per heavy atom. The average molecular weight is 189 g/mol. The summed E-state index contributed by atoms with van der Waals surface area (Å²) in [5.74, 6) is 0.492. The number of ketones is 1. The van der Waals surface area contributed by atoms with Crippen molar-refractivity contribution in [2.75, 3.05) is 13.1 Å². The predicted octanol–water partition coefficient (Wildman–Crippen LogP) is 1.71. The molecule has 1 aromatic rings. The normalized spacial score (nSPS) is 16.4. The van der Waals surface area contributed by atoms with Gasteiger partial charge in [0.1, 0.15) is 0 Å². The molecule has 1 aliphatic rings. The molecule has 0 amide bonds. The molecule has 2 nitrogen and oxygen atoms in total. The van der Waals surface area contributed by atoms with Gasteiger partial charge in [-0.3, -0.25) is 4.79 Å². The van der Waals surface area contributed by atoms with E-state index in [1.165, 1.54) is 11.1 Å². The zero-order valence-electron chi connectivity index (χ0n) is 8.63. The van der Waals surface area contributed by atoms with Crippen LogP contribution in [0.3, 0.4) is 0 Å². The topological polar surface area (TPSA) is 29.1 Å². The molecule has 0 unspecified atom stereocenters. The van der Waals surface area contributed by atoms with Crippen LogP contribution < -0.4 is 5.32 Å². The summed E-state index contributed by atoms with van der Waals surface area (Å²) in [4.78, 5) is 11.9. The van der Waals surface area contributed by atoms with E-state index in [2.05, 4.69) is 11.4 Å². The van der Waals surface area contributed by atoms with Gasteiger partial charge in [0.15, 0.2) is 5.78 Å². The molecule has 0 spiro atoms. The SMILES string of the molecule is Cc1cc(C)cc(C(=O)C2CNC2)c1. The molecule has 2 heteroatoms. The molecule has 1 aromatic carbocycles. The molecule has 1 heterocycles. The van der Waals surface area contributed by atoms with Gasteiger partial charge < -0.3 is 5.32 Å². The van der Waals surface area contributed by atoms with Gasteiger partial charge in [0.05, 0.1) is 0 Å². The van der Waals surface area contributed by atoms with Crippen LogP contribution in [-0.4, -0.2) is 18.9 Å². The Labute approximate surface area is 84.3 Å². The molecule has 1 aliphatic heterocycles. The molecule has 0 bridgehead atoms. The molecular formula is C12H15NO. The summed E-state index contributed by atoms with van der Waals surface area (Å²) >= 11 is 0. The smallest absolute Gasteiger partial charge is 0.168 e. The van der Waals surface area contributed by atoms with E-state index in [9.17, 15) is 4.79 Å². The van der Waals surface area contributed by atoms with Gasteiger partial charge in [-0.2, -0.15) is 0 Å². The highest BCUT2D eigenvalue weighted by Gasteiger charge is 2.25. The fourth-order valence-corrected chi connectivity index (χ4v) is 1.83. The van der Waals surface area contributed by atoms with Gasteiger partial charge in [0.25, 0.3) is 0 Å². The van der Waals surface area contributed by atoms with Crippen LogP contribution in [0.15, 0.2) is 18.2 Å². The minimum Gasteiger partial charge on any atom is -0.315 e. The van der Waals surface area contributed by atoms with Gasteiger partial charge in [-0.05, 0) is 26.0 Å². The quantitative estimate of drug-likeness (QED) is 0.717. The van der Waals surface area contributed by atoms with Crippen molar-refractivity contribution in [2.24, 2.45) is 5.92 Å². The zero-order valence-corrected chi connectivity index (χ0v) is 8.63. The molecule has 0 radical (unpaired) electrons. The fourth-order valence-electron chi connectivity index (χ4n) is 1.83. The number of nitrogens with one attached hydrogen (secondary N) is 1. The first-order chi connectivity index (χ1) is 6.66. The maximum absolute atomic E-state index is 11.9. The number of hydrogen-bond donors (Lipinski definition) is 1. The molecule has 1 N–H and O–H groups in total. The van der Waals surface area contributed by atoms with Crippen molar-refractivity contribution in [3.05, 3.63) is 34.9 Å². The molecule has 74 valence electrons. The van der Waals surface area contributed by atoms with Gasteiger partial charge >= 0.3 is 0 Å². The van der Waals surface area contributed by atoms with E-state index in [1.54, 1.807) is 0 Å². The van der Waals surface area contributed by atoms with Crippen molar-refractivity contribution >= 4 is 5.78 Å². The highest BCUT2D eigenvalue weighted by molar-refractivity contribution is 5.99. The number of carbonyl (C=O) groups excluding carboxylic acids is 1. The third-order valence-corrected chi connectivity index (χ3v) is 2.66. The summed E-state index contributed by atoms with van der Waals surface area (Å²) in [7, 11) is 0. The van der Waals surface area contributed by atoms with E-state index in [4.69, 9.17) is 0 Å². The molecule has 2 rings (SSSR count). The third-order valence-electron chi connectivity index (χ3n) is 2.66. The first kappa shape index (κ1) is 9.41. The van der Waals surface area contributed by atoms with Crippen LogP contribution in [0.5, 0.6) is 0 Å². The summed E-state index contributed by atoms with van der Waals surface area (Å²) in [6.07, 6.45) is 0. The Kier molecular flexibility index (Phi) is 2.38. The van der Waals surface area contributed by atoms with Gasteiger partial charge in [-0.25, -0.2) is 0 Å². The van der Waals surface area contributed by atoms with Crippen molar-refractivity contribution in [3.63, 3.8) is 0 Å². The Morgan fingerprint density at radius 3 is 2.21 bits per heavy atom. The van der Waals surface area contributed by atoms with Crippen LogP contribution >= 0.6 is 0 Å². The van der Waals surface area contributed by atoms with Crippen molar-refractivity contribution in [1.29, 1.82) is 0 Å². The minimum absolute atomic E-state index is 0.205. The standard InChI is InChI=1S/C12H15NO/c1-8-3-9(2)5-10(4-8)12(14)11-6-13-7-11/h3-5,11,13H,6-7H2,1-2H3. The maximum Gasteiger partial charge on any atom is 0.168 e. The van der Waals surface area contributed by atoms with Crippen LogP contribution in [0.25, 0.3) is 0 Å². The van der Waals surface area contributed by atoms with Gasteiger partial charge in [-0.1, -0.05) is 17.2 Å². The third kappa shape index (κ3) is 1.70. The van der Waals surface area contributed by atoms with Crippen LogP contribution in [0.2, 0.25) is 0 Å². The first-order valence-corrected chi connectivity index (χ1v) is 5.00. The lowest BCUT2D eigenvalue weighted by Crippen LogP contribution is -2.46. The summed E-state index contributed by atoms with van der Waals surface area (Å²) < 4.78 is 0. The molecule has 14 heavy (non-hydrogen) atoms. The van der Waals surface area contributed by atoms with Crippen molar-refractivity contribution in [3.8, 4) is 0 Å². The second kappa shape index (κ2) is 3.54. The lowest BCUT2D eigenvalue weighted by atomic mass is 9.91. The van der Waals surface area contributed by atoms with E-state index in [0.29, 0.717) is 0 Å². The largest absolute Gasteiger partial charge is 0.315 e. The molecule has 1 fully saturated rings. The van der Waals surface area contributed by atoms with Gasteiger partial charge in [-0.15, -0.1) is 0 Å². The molecule has 0 aromatic heterocycles. The Bertz CT molecular complexity index is 346. The minimum atomic E-state index is 0.205. The van der Waals surface area contributed by atoms with Crippen molar-refractivity contribution < 1.29 is 4.79 Å². The first-order valence-electron chi connectivity index (χ1n) is 5.00. The Balaban J connectivity index is 2.26. The number of Topliss-reactive ketones (excluding diaryl/α,β-unsaturated/α-hetero) is 1. The predicted molar refractivity (Wildman–Crippen MR) is 56.6 cm³/mol. The van der Waals surface area contributed by atoms with Crippen LogP contribution in [0.1, 0.15) is 21.5 Å². The Hall–Kier alpha value is -1.15. The second-order valence-corrected chi connectivity index (χ2v) is 4.10. The van der Waals surface area contributed by atoms with Crippen LogP contribution in [0, 0.1) is 19.8 Å². The second-order valence-electron chi connectivity index (χ2n) is 4.10. The highest BCUT2D eigenvalue weighted by Crippen LogP contribution is 2.15. The number of rotatable bonds is 2. The number of carbonyl (C=O) groups is 1. The zero-order chi connectivity index (χ0) is 10.1. The highest BCUT2D eigenvalue weighted by atomic mass is 16.1. The summed E-state index contributed by atoms with van der Waals surface area (Å²) in [5, 5.41) is 3.12. The lowest BCUT2D eigenvalue weighted by Gasteiger charge is -2.25. The molecule has 0 aliphatic carbocycles. The monoisotopic (exact) mass is 189 g/mol. The van der Waals surface area contributed by atoms with Crippen molar-refractivity contribution in [1.82, 2.24) is 5.32 Å². The van der Waals surface area contributed by atoms with E-state index >= 15 is 0 Å². The fraction of sp³-hybridized carbons (Fsp3) is 0.417. The van der Waals surface area contributed by atoms with Gasteiger partial charge in [0, 0.05) is 24.6 Å². The Morgan fingerprint density at radius 2 is 1.79 bits per heavy atom. The summed E-state index contributed by atoms with van der Waals surface area (Å²) in [6.45, 7) is 5.74. The average Bonchev–Trinajstić information content (AvgIpc) is 1.98. The number of benzene rings is 1.